The van der Waals surface area contributed by atoms with Gasteiger partial charge in [-0.1, -0.05) is 60.7 Å². The van der Waals surface area contributed by atoms with E-state index in [2.05, 4.69) is 43.4 Å². The fourth-order valence-electron chi connectivity index (χ4n) is 2.91. The van der Waals surface area contributed by atoms with Gasteiger partial charge in [0.25, 0.3) is 0 Å². The van der Waals surface area contributed by atoms with Gasteiger partial charge < -0.3 is 10.2 Å². The molecular formula is C20H24N2O. The van der Waals surface area contributed by atoms with Crippen LogP contribution >= 0.6 is 0 Å². The van der Waals surface area contributed by atoms with Crippen LogP contribution in [0, 0.1) is 0 Å². The molecule has 1 aliphatic carbocycles. The zero-order valence-electron chi connectivity index (χ0n) is 13.8. The molecule has 3 rings (SSSR count). The van der Waals surface area contributed by atoms with Crippen LogP contribution in [0.3, 0.4) is 0 Å². The predicted molar refractivity (Wildman–Crippen MR) is 93.0 cm³/mol. The van der Waals surface area contributed by atoms with Gasteiger partial charge in [-0.2, -0.15) is 0 Å². The molecule has 2 aromatic carbocycles. The molecule has 120 valence electrons. The monoisotopic (exact) mass is 308 g/mol. The molecule has 0 atom stereocenters. The average Bonchev–Trinajstić information content (AvgIpc) is 3.35. The van der Waals surface area contributed by atoms with Crippen LogP contribution in [0.4, 0.5) is 4.79 Å². The second-order valence-corrected chi connectivity index (χ2v) is 6.59. The Morgan fingerprint density at radius 2 is 1.61 bits per heavy atom. The van der Waals surface area contributed by atoms with Gasteiger partial charge in [-0.15, -0.1) is 0 Å². The minimum Gasteiger partial charge on any atom is -0.328 e. The summed E-state index contributed by atoms with van der Waals surface area (Å²) in [5, 5.41) is 3.27. The minimum atomic E-state index is -0.165. The summed E-state index contributed by atoms with van der Waals surface area (Å²) in [5.41, 5.74) is 2.19. The average molecular weight is 308 g/mol. The summed E-state index contributed by atoms with van der Waals surface area (Å²) in [7, 11) is 0. The lowest BCUT2D eigenvalue weighted by atomic mass is 10.1. The number of amides is 2. The van der Waals surface area contributed by atoms with Crippen molar-refractivity contribution < 1.29 is 4.79 Å². The van der Waals surface area contributed by atoms with Gasteiger partial charge in [0.1, 0.15) is 0 Å². The maximum atomic E-state index is 12.8. The summed E-state index contributed by atoms with van der Waals surface area (Å²) in [6.07, 6.45) is 2.03. The van der Waals surface area contributed by atoms with E-state index < -0.39 is 0 Å². The van der Waals surface area contributed by atoms with Gasteiger partial charge in [0, 0.05) is 12.6 Å². The molecule has 23 heavy (non-hydrogen) atoms. The third kappa shape index (κ3) is 3.55. The number of urea groups is 1. The van der Waals surface area contributed by atoms with Crippen molar-refractivity contribution in [3.05, 3.63) is 71.8 Å². The van der Waals surface area contributed by atoms with E-state index >= 15 is 0 Å². The molecule has 0 radical (unpaired) electrons. The molecule has 0 heterocycles. The molecule has 1 fully saturated rings. The van der Waals surface area contributed by atoms with E-state index in [1.54, 1.807) is 0 Å². The minimum absolute atomic E-state index is 0.0187. The molecule has 1 saturated carbocycles. The number of hydrogen-bond donors (Lipinski definition) is 1. The maximum Gasteiger partial charge on any atom is 0.318 e. The number of hydrogen-bond acceptors (Lipinski definition) is 1. The summed E-state index contributed by atoms with van der Waals surface area (Å²) in [4.78, 5) is 14.7. The first-order valence-electron chi connectivity index (χ1n) is 8.29. The SMILES string of the molecule is CC(C)N(Cc1ccccc1)C(=O)NC1(c2ccccc2)CC1. The second-order valence-electron chi connectivity index (χ2n) is 6.59. The van der Waals surface area contributed by atoms with E-state index in [0.717, 1.165) is 18.4 Å². The quantitative estimate of drug-likeness (QED) is 0.877. The Balaban J connectivity index is 1.72. The lowest BCUT2D eigenvalue weighted by molar-refractivity contribution is 0.174. The normalized spacial score (nSPS) is 15.3. The van der Waals surface area contributed by atoms with Gasteiger partial charge in [0.15, 0.2) is 0 Å². The van der Waals surface area contributed by atoms with E-state index in [1.165, 1.54) is 5.56 Å². The summed E-state index contributed by atoms with van der Waals surface area (Å²) in [5.74, 6) is 0. The van der Waals surface area contributed by atoms with Crippen molar-refractivity contribution in [2.75, 3.05) is 0 Å². The summed E-state index contributed by atoms with van der Waals surface area (Å²) < 4.78 is 0. The van der Waals surface area contributed by atoms with Gasteiger partial charge in [0.05, 0.1) is 5.54 Å². The summed E-state index contributed by atoms with van der Waals surface area (Å²) >= 11 is 0. The smallest absolute Gasteiger partial charge is 0.318 e. The third-order valence-electron chi connectivity index (χ3n) is 4.50. The topological polar surface area (TPSA) is 32.3 Å². The molecular weight excluding hydrogens is 284 g/mol. The highest BCUT2D eigenvalue weighted by Crippen LogP contribution is 2.45. The molecule has 1 aliphatic rings. The predicted octanol–water partition coefficient (Wildman–Crippen LogP) is 4.30. The Morgan fingerprint density at radius 3 is 2.13 bits per heavy atom. The first-order valence-corrected chi connectivity index (χ1v) is 8.29. The lowest BCUT2D eigenvalue weighted by Crippen LogP contribution is -2.47. The van der Waals surface area contributed by atoms with E-state index in [4.69, 9.17) is 0 Å². The zero-order valence-corrected chi connectivity index (χ0v) is 13.8. The Hall–Kier alpha value is -2.29. The van der Waals surface area contributed by atoms with Crippen molar-refractivity contribution in [3.63, 3.8) is 0 Å². The van der Waals surface area contributed by atoms with Gasteiger partial charge in [0.2, 0.25) is 0 Å². The Labute approximate surface area is 138 Å². The molecule has 0 spiro atoms. The van der Waals surface area contributed by atoms with Crippen LogP contribution < -0.4 is 5.32 Å². The Bertz CT molecular complexity index is 648. The highest BCUT2D eigenvalue weighted by molar-refractivity contribution is 5.76. The van der Waals surface area contributed by atoms with E-state index in [1.807, 2.05) is 41.3 Å². The van der Waals surface area contributed by atoms with Crippen LogP contribution in [0.15, 0.2) is 60.7 Å². The molecule has 1 N–H and O–H groups in total. The third-order valence-corrected chi connectivity index (χ3v) is 4.50. The van der Waals surface area contributed by atoms with Crippen molar-refractivity contribution >= 4 is 6.03 Å². The fourth-order valence-corrected chi connectivity index (χ4v) is 2.91. The highest BCUT2D eigenvalue weighted by atomic mass is 16.2. The van der Waals surface area contributed by atoms with Crippen molar-refractivity contribution in [3.8, 4) is 0 Å². The van der Waals surface area contributed by atoms with Crippen LogP contribution in [-0.4, -0.2) is 17.0 Å². The first-order chi connectivity index (χ1) is 11.1. The number of benzene rings is 2. The second kappa shape index (κ2) is 6.45. The maximum absolute atomic E-state index is 12.8. The number of rotatable bonds is 5. The molecule has 0 aliphatic heterocycles. The molecule has 3 heteroatoms. The molecule has 0 aromatic heterocycles. The van der Waals surface area contributed by atoms with Crippen molar-refractivity contribution in [2.24, 2.45) is 0 Å². The molecule has 0 unspecified atom stereocenters. The largest absolute Gasteiger partial charge is 0.328 e. The van der Waals surface area contributed by atoms with Crippen LogP contribution in [-0.2, 0) is 12.1 Å². The molecule has 2 aromatic rings. The van der Waals surface area contributed by atoms with Gasteiger partial charge in [-0.25, -0.2) is 4.79 Å². The van der Waals surface area contributed by atoms with Gasteiger partial charge >= 0.3 is 6.03 Å². The van der Waals surface area contributed by atoms with E-state index in [0.29, 0.717) is 6.54 Å². The van der Waals surface area contributed by atoms with Crippen molar-refractivity contribution in [2.45, 2.75) is 44.8 Å². The van der Waals surface area contributed by atoms with Crippen LogP contribution in [0.25, 0.3) is 0 Å². The lowest BCUT2D eigenvalue weighted by Gasteiger charge is -2.30. The molecule has 2 amide bonds. The number of carbonyl (C=O) groups is 1. The number of nitrogens with one attached hydrogen (secondary N) is 1. The highest BCUT2D eigenvalue weighted by Gasteiger charge is 2.46. The zero-order chi connectivity index (χ0) is 16.3. The van der Waals surface area contributed by atoms with E-state index in [9.17, 15) is 4.79 Å². The number of nitrogens with zero attached hydrogens (tertiary/aromatic N) is 1. The first kappa shape index (κ1) is 15.6. The molecule has 3 nitrogen and oxygen atoms in total. The standard InChI is InChI=1S/C20H24N2O/c1-16(2)22(15-17-9-5-3-6-10-17)19(23)21-20(13-14-20)18-11-7-4-8-12-18/h3-12,16H,13-15H2,1-2H3,(H,21,23). The van der Waals surface area contributed by atoms with Gasteiger partial charge in [-0.05, 0) is 37.8 Å². The summed E-state index contributed by atoms with van der Waals surface area (Å²) in [6, 6.07) is 20.6. The molecule has 0 saturated heterocycles. The van der Waals surface area contributed by atoms with Crippen LogP contribution in [0.5, 0.6) is 0 Å². The van der Waals surface area contributed by atoms with Gasteiger partial charge in [-0.3, -0.25) is 0 Å². The summed E-state index contributed by atoms with van der Waals surface area (Å²) in [6.45, 7) is 4.75. The Kier molecular flexibility index (Phi) is 4.37. The number of carbonyl (C=O) groups excluding carboxylic acids is 1. The van der Waals surface area contributed by atoms with Crippen LogP contribution in [0.2, 0.25) is 0 Å². The fraction of sp³-hybridized carbons (Fsp3) is 0.350. The van der Waals surface area contributed by atoms with Crippen LogP contribution in [0.1, 0.15) is 37.8 Å². The van der Waals surface area contributed by atoms with E-state index in [-0.39, 0.29) is 17.6 Å². The van der Waals surface area contributed by atoms with Crippen molar-refractivity contribution in [1.29, 1.82) is 0 Å². The van der Waals surface area contributed by atoms with Crippen molar-refractivity contribution in [1.82, 2.24) is 10.2 Å². The molecule has 0 bridgehead atoms. The Morgan fingerprint density at radius 1 is 1.04 bits per heavy atom.